The van der Waals surface area contributed by atoms with Crippen LogP contribution in [0, 0.1) is 17.8 Å². The smallest absolute Gasteiger partial charge is 0.133 e. The number of hydrogen-bond donors (Lipinski definition) is 0. The second-order valence-corrected chi connectivity index (χ2v) is 6.00. The van der Waals surface area contributed by atoms with E-state index in [4.69, 9.17) is 0 Å². The number of aromatic nitrogens is 1. The molecule has 1 aromatic rings. The molecular weight excluding hydrogens is 222 g/mol. The molecule has 96 valence electrons. The Balaban J connectivity index is 1.45. The normalized spacial score (nSPS) is 29.7. The van der Waals surface area contributed by atoms with Crippen LogP contribution in [-0.2, 0) is 11.2 Å². The van der Waals surface area contributed by atoms with Crippen molar-refractivity contribution in [3.8, 4) is 0 Å². The van der Waals surface area contributed by atoms with Crippen molar-refractivity contribution in [2.75, 3.05) is 0 Å². The van der Waals surface area contributed by atoms with Crippen molar-refractivity contribution in [2.45, 2.75) is 44.9 Å². The zero-order valence-electron chi connectivity index (χ0n) is 10.8. The van der Waals surface area contributed by atoms with Crippen LogP contribution in [0.5, 0.6) is 0 Å². The van der Waals surface area contributed by atoms with Crippen molar-refractivity contribution in [3.05, 3.63) is 30.1 Å². The zero-order valence-corrected chi connectivity index (χ0v) is 10.8. The number of nitrogens with zero attached hydrogens (tertiary/aromatic N) is 1. The second kappa shape index (κ2) is 5.21. The number of rotatable bonds is 5. The molecule has 3 unspecified atom stereocenters. The summed E-state index contributed by atoms with van der Waals surface area (Å²) in [5.74, 6) is 2.97. The number of aryl methyl sites for hydroxylation is 1. The van der Waals surface area contributed by atoms with Crippen LogP contribution in [0.25, 0.3) is 0 Å². The monoisotopic (exact) mass is 243 g/mol. The average Bonchev–Trinajstić information content (AvgIpc) is 3.00. The van der Waals surface area contributed by atoms with Crippen LogP contribution in [0.1, 0.15) is 44.2 Å². The Bertz CT molecular complexity index is 414. The average molecular weight is 243 g/mol. The minimum Gasteiger partial charge on any atom is -0.300 e. The molecule has 1 heterocycles. The van der Waals surface area contributed by atoms with E-state index in [2.05, 4.69) is 4.98 Å². The van der Waals surface area contributed by atoms with Gasteiger partial charge in [-0.2, -0.15) is 0 Å². The summed E-state index contributed by atoms with van der Waals surface area (Å²) in [4.78, 5) is 16.3. The second-order valence-electron chi connectivity index (χ2n) is 6.00. The van der Waals surface area contributed by atoms with Crippen molar-refractivity contribution in [3.63, 3.8) is 0 Å². The van der Waals surface area contributed by atoms with E-state index >= 15 is 0 Å². The SMILES string of the molecule is O=C(CCc1ccccn1)CC1CC2CCC1C2. The van der Waals surface area contributed by atoms with Gasteiger partial charge < -0.3 is 0 Å². The predicted molar refractivity (Wildman–Crippen MR) is 71.1 cm³/mol. The summed E-state index contributed by atoms with van der Waals surface area (Å²) in [5.41, 5.74) is 1.04. The third-order valence-electron chi connectivity index (χ3n) is 4.76. The lowest BCUT2D eigenvalue weighted by Gasteiger charge is -2.20. The summed E-state index contributed by atoms with van der Waals surface area (Å²) in [6.45, 7) is 0. The number of carbonyl (C=O) groups excluding carboxylic acids is 1. The van der Waals surface area contributed by atoms with Crippen LogP contribution in [-0.4, -0.2) is 10.8 Å². The van der Waals surface area contributed by atoms with Crippen molar-refractivity contribution >= 4 is 5.78 Å². The Hall–Kier alpha value is -1.18. The van der Waals surface area contributed by atoms with Gasteiger partial charge in [-0.25, -0.2) is 0 Å². The van der Waals surface area contributed by atoms with E-state index in [1.807, 2.05) is 18.2 Å². The molecule has 0 saturated heterocycles. The molecule has 0 radical (unpaired) electrons. The summed E-state index contributed by atoms with van der Waals surface area (Å²) in [5, 5.41) is 0. The number of fused-ring (bicyclic) bond motifs is 2. The molecule has 18 heavy (non-hydrogen) atoms. The zero-order chi connectivity index (χ0) is 12.4. The van der Waals surface area contributed by atoms with E-state index in [0.717, 1.165) is 30.4 Å². The number of carbonyl (C=O) groups is 1. The van der Waals surface area contributed by atoms with Crippen LogP contribution < -0.4 is 0 Å². The fourth-order valence-corrected chi connectivity index (χ4v) is 3.83. The molecule has 2 bridgehead atoms. The lowest BCUT2D eigenvalue weighted by atomic mass is 9.84. The lowest BCUT2D eigenvalue weighted by molar-refractivity contribution is -0.120. The van der Waals surface area contributed by atoms with E-state index in [0.29, 0.717) is 18.1 Å². The van der Waals surface area contributed by atoms with Crippen LogP contribution >= 0.6 is 0 Å². The summed E-state index contributed by atoms with van der Waals surface area (Å²) < 4.78 is 0. The summed E-state index contributed by atoms with van der Waals surface area (Å²) in [6.07, 6.45) is 9.62. The summed E-state index contributed by atoms with van der Waals surface area (Å²) >= 11 is 0. The fourth-order valence-electron chi connectivity index (χ4n) is 3.83. The fraction of sp³-hybridized carbons (Fsp3) is 0.625. The largest absolute Gasteiger partial charge is 0.300 e. The van der Waals surface area contributed by atoms with E-state index in [1.165, 1.54) is 25.7 Å². The van der Waals surface area contributed by atoms with Gasteiger partial charge in [-0.05, 0) is 55.6 Å². The van der Waals surface area contributed by atoms with E-state index < -0.39 is 0 Å². The van der Waals surface area contributed by atoms with Crippen molar-refractivity contribution in [1.29, 1.82) is 0 Å². The molecule has 0 amide bonds. The van der Waals surface area contributed by atoms with Crippen molar-refractivity contribution < 1.29 is 4.79 Å². The van der Waals surface area contributed by atoms with Gasteiger partial charge in [0, 0.05) is 24.7 Å². The third-order valence-corrected chi connectivity index (χ3v) is 4.76. The van der Waals surface area contributed by atoms with Gasteiger partial charge in [0.2, 0.25) is 0 Å². The Morgan fingerprint density at radius 1 is 1.28 bits per heavy atom. The molecule has 0 spiro atoms. The maximum absolute atomic E-state index is 12.0. The number of ketones is 1. The maximum atomic E-state index is 12.0. The Labute approximate surface area is 109 Å². The number of pyridine rings is 1. The van der Waals surface area contributed by atoms with Gasteiger partial charge in [0.1, 0.15) is 5.78 Å². The first-order valence-corrected chi connectivity index (χ1v) is 7.23. The van der Waals surface area contributed by atoms with Gasteiger partial charge in [0.15, 0.2) is 0 Å². The highest BCUT2D eigenvalue weighted by Gasteiger charge is 2.39. The van der Waals surface area contributed by atoms with Crippen LogP contribution in [0.15, 0.2) is 24.4 Å². The summed E-state index contributed by atoms with van der Waals surface area (Å²) in [6, 6.07) is 5.91. The molecule has 2 aliphatic carbocycles. The van der Waals surface area contributed by atoms with Crippen molar-refractivity contribution in [1.82, 2.24) is 4.98 Å². The van der Waals surface area contributed by atoms with Gasteiger partial charge in [-0.3, -0.25) is 9.78 Å². The minimum atomic E-state index is 0.443. The Morgan fingerprint density at radius 2 is 2.22 bits per heavy atom. The number of Topliss-reactive ketones (excluding diaryl/α,β-unsaturated/α-hetero) is 1. The molecule has 2 heteroatoms. The van der Waals surface area contributed by atoms with Gasteiger partial charge in [0.05, 0.1) is 0 Å². The maximum Gasteiger partial charge on any atom is 0.133 e. The molecule has 0 aromatic carbocycles. The third kappa shape index (κ3) is 2.63. The molecule has 2 saturated carbocycles. The molecule has 3 atom stereocenters. The van der Waals surface area contributed by atoms with E-state index in [1.54, 1.807) is 6.20 Å². The lowest BCUT2D eigenvalue weighted by Crippen LogP contribution is -2.15. The molecule has 2 aliphatic rings. The van der Waals surface area contributed by atoms with Gasteiger partial charge in [-0.15, -0.1) is 0 Å². The molecule has 0 aliphatic heterocycles. The first-order valence-electron chi connectivity index (χ1n) is 7.23. The highest BCUT2D eigenvalue weighted by Crippen LogP contribution is 2.49. The topological polar surface area (TPSA) is 30.0 Å². The Kier molecular flexibility index (Phi) is 3.44. The molecular formula is C16H21NO. The molecule has 3 rings (SSSR count). The highest BCUT2D eigenvalue weighted by molar-refractivity contribution is 5.78. The molecule has 0 N–H and O–H groups in total. The standard InChI is InChI=1S/C16H21NO/c18-16(7-6-15-3-1-2-8-17-15)11-14-10-12-4-5-13(14)9-12/h1-3,8,12-14H,4-7,9-11H2. The highest BCUT2D eigenvalue weighted by atomic mass is 16.1. The Morgan fingerprint density at radius 3 is 2.89 bits per heavy atom. The number of hydrogen-bond acceptors (Lipinski definition) is 2. The molecule has 2 nitrogen and oxygen atoms in total. The van der Waals surface area contributed by atoms with Crippen LogP contribution in [0.4, 0.5) is 0 Å². The van der Waals surface area contributed by atoms with Crippen LogP contribution in [0.3, 0.4) is 0 Å². The first kappa shape index (κ1) is 11.9. The predicted octanol–water partition coefficient (Wildman–Crippen LogP) is 3.41. The molecule has 2 fully saturated rings. The van der Waals surface area contributed by atoms with Crippen LogP contribution in [0.2, 0.25) is 0 Å². The summed E-state index contributed by atoms with van der Waals surface area (Å²) in [7, 11) is 0. The quantitative estimate of drug-likeness (QED) is 0.793. The van der Waals surface area contributed by atoms with Gasteiger partial charge >= 0.3 is 0 Å². The van der Waals surface area contributed by atoms with Gasteiger partial charge in [0.25, 0.3) is 0 Å². The first-order chi connectivity index (χ1) is 8.81. The van der Waals surface area contributed by atoms with Gasteiger partial charge in [-0.1, -0.05) is 12.5 Å². The van der Waals surface area contributed by atoms with E-state index in [9.17, 15) is 4.79 Å². The van der Waals surface area contributed by atoms with Crippen molar-refractivity contribution in [2.24, 2.45) is 17.8 Å². The molecule has 1 aromatic heterocycles. The minimum absolute atomic E-state index is 0.443. The van der Waals surface area contributed by atoms with E-state index in [-0.39, 0.29) is 0 Å².